The Morgan fingerprint density at radius 3 is 1.75 bits per heavy atom. The number of phenols is 1. The topological polar surface area (TPSA) is 20.2 Å². The van der Waals surface area contributed by atoms with E-state index >= 15 is 0 Å². The summed E-state index contributed by atoms with van der Waals surface area (Å²) < 4.78 is 2.63. The lowest BCUT2D eigenvalue weighted by Gasteiger charge is -2.10. The molecule has 0 bridgehead atoms. The number of benzene rings is 1. The summed E-state index contributed by atoms with van der Waals surface area (Å²) in [5, 5.41) is 9.59. The Morgan fingerprint density at radius 1 is 0.833 bits per heavy atom. The Morgan fingerprint density at radius 2 is 1.25 bits per heavy atom. The molecule has 1 rings (SSSR count). The number of hydrogen-bond donors (Lipinski definition) is 1. The van der Waals surface area contributed by atoms with E-state index in [2.05, 4.69) is 47.8 Å². The van der Waals surface area contributed by atoms with Gasteiger partial charge in [0.2, 0.25) is 0 Å². The molecule has 1 aromatic carbocycles. The third kappa shape index (κ3) is 1.56. The maximum absolute atomic E-state index is 9.59. The van der Waals surface area contributed by atoms with Crippen LogP contribution >= 0.6 is 47.8 Å². The molecule has 0 aliphatic carbocycles. The van der Waals surface area contributed by atoms with Crippen molar-refractivity contribution in [2.45, 2.75) is 13.8 Å². The summed E-state index contributed by atoms with van der Waals surface area (Å²) in [4.78, 5) is 0. The summed E-state index contributed by atoms with van der Waals surface area (Å²) in [7, 11) is 0. The van der Waals surface area contributed by atoms with Crippen molar-refractivity contribution < 1.29 is 5.11 Å². The highest BCUT2D eigenvalue weighted by Gasteiger charge is 2.13. The van der Waals surface area contributed by atoms with Gasteiger partial charge in [0.1, 0.15) is 5.75 Å². The smallest absolute Gasteiger partial charge is 0.134 e. The fraction of sp³-hybridized carbons (Fsp3) is 0.250. The summed E-state index contributed by atoms with van der Waals surface area (Å²) >= 11 is 10.1. The van der Waals surface area contributed by atoms with Gasteiger partial charge in [-0.25, -0.2) is 0 Å². The Balaban J connectivity index is 3.60. The van der Waals surface area contributed by atoms with Gasteiger partial charge < -0.3 is 5.11 Å². The van der Waals surface area contributed by atoms with Crippen LogP contribution in [0, 0.1) is 13.8 Å². The lowest BCUT2D eigenvalue weighted by molar-refractivity contribution is 0.466. The Hall–Kier alpha value is 0.460. The number of halogens is 3. The van der Waals surface area contributed by atoms with E-state index in [0.717, 1.165) is 24.5 Å². The Bertz CT molecular complexity index is 229. The molecule has 0 aromatic heterocycles. The van der Waals surface area contributed by atoms with Gasteiger partial charge >= 0.3 is 0 Å². The zero-order chi connectivity index (χ0) is 9.46. The molecule has 0 saturated carbocycles. The molecule has 0 atom stereocenters. The fourth-order valence-electron chi connectivity index (χ4n) is 0.872. The molecular formula is C8H7Br3O. The predicted molar refractivity (Wildman–Crippen MR) is 60.7 cm³/mol. The second-order valence-corrected chi connectivity index (χ2v) is 4.92. The van der Waals surface area contributed by atoms with Gasteiger partial charge in [-0.05, 0) is 67.2 Å². The van der Waals surface area contributed by atoms with Crippen LogP contribution in [-0.4, -0.2) is 5.11 Å². The minimum atomic E-state index is 0.294. The summed E-state index contributed by atoms with van der Waals surface area (Å²) in [5.41, 5.74) is 1.82. The second-order valence-electron chi connectivity index (χ2n) is 2.54. The number of hydrogen-bond acceptors (Lipinski definition) is 1. The molecule has 12 heavy (non-hydrogen) atoms. The molecule has 0 aliphatic heterocycles. The third-order valence-electron chi connectivity index (χ3n) is 1.74. The molecule has 0 spiro atoms. The van der Waals surface area contributed by atoms with Gasteiger partial charge in [-0.1, -0.05) is 0 Å². The number of aromatic hydroxyl groups is 1. The van der Waals surface area contributed by atoms with E-state index < -0.39 is 0 Å². The van der Waals surface area contributed by atoms with Crippen LogP contribution in [0.1, 0.15) is 11.1 Å². The standard InChI is InChI=1S/C8H7Br3O/c1-3-5(9)6(10)4(2)8(12)7(3)11/h12H,1-2H3. The van der Waals surface area contributed by atoms with E-state index in [-0.39, 0.29) is 0 Å². The summed E-state index contributed by atoms with van der Waals surface area (Å²) in [6, 6.07) is 0. The minimum Gasteiger partial charge on any atom is -0.506 e. The van der Waals surface area contributed by atoms with Crippen LogP contribution in [-0.2, 0) is 0 Å². The first kappa shape index (κ1) is 10.5. The highest BCUT2D eigenvalue weighted by Crippen LogP contribution is 2.41. The molecule has 66 valence electrons. The third-order valence-corrected chi connectivity index (χ3v) is 5.23. The fourth-order valence-corrected chi connectivity index (χ4v) is 2.61. The molecule has 1 aromatic rings. The first-order chi connectivity index (χ1) is 5.46. The van der Waals surface area contributed by atoms with Crippen LogP contribution in [0.25, 0.3) is 0 Å². The molecule has 1 nitrogen and oxygen atoms in total. The van der Waals surface area contributed by atoms with Crippen molar-refractivity contribution in [3.8, 4) is 5.75 Å². The monoisotopic (exact) mass is 356 g/mol. The first-order valence-corrected chi connectivity index (χ1v) is 5.67. The molecule has 0 radical (unpaired) electrons. The molecule has 4 heteroatoms. The van der Waals surface area contributed by atoms with Gasteiger partial charge in [-0.15, -0.1) is 0 Å². The zero-order valence-electron chi connectivity index (χ0n) is 6.58. The molecule has 0 aliphatic rings. The average Bonchev–Trinajstić information content (AvgIpc) is 2.08. The molecule has 0 saturated heterocycles. The van der Waals surface area contributed by atoms with E-state index in [0.29, 0.717) is 5.75 Å². The Labute approximate surface area is 96.6 Å². The maximum atomic E-state index is 9.59. The van der Waals surface area contributed by atoms with Gasteiger partial charge in [0.25, 0.3) is 0 Å². The van der Waals surface area contributed by atoms with Crippen molar-refractivity contribution in [2.24, 2.45) is 0 Å². The summed E-state index contributed by atoms with van der Waals surface area (Å²) in [5.74, 6) is 0.294. The first-order valence-electron chi connectivity index (χ1n) is 3.29. The quantitative estimate of drug-likeness (QED) is 0.686. The Kier molecular flexibility index (Phi) is 3.23. The molecule has 1 N–H and O–H groups in total. The highest BCUT2D eigenvalue weighted by atomic mass is 79.9. The number of rotatable bonds is 0. The highest BCUT2D eigenvalue weighted by molar-refractivity contribution is 9.13. The van der Waals surface area contributed by atoms with E-state index in [1.165, 1.54) is 0 Å². The molecule has 0 heterocycles. The van der Waals surface area contributed by atoms with Crippen LogP contribution in [0.15, 0.2) is 13.4 Å². The molecule has 0 fully saturated rings. The van der Waals surface area contributed by atoms with Crippen molar-refractivity contribution in [3.05, 3.63) is 24.5 Å². The van der Waals surface area contributed by atoms with E-state index in [9.17, 15) is 5.11 Å². The van der Waals surface area contributed by atoms with Crippen LogP contribution in [0.4, 0.5) is 0 Å². The minimum absolute atomic E-state index is 0.294. The van der Waals surface area contributed by atoms with Gasteiger partial charge in [0.05, 0.1) is 4.47 Å². The van der Waals surface area contributed by atoms with Crippen LogP contribution in [0.2, 0.25) is 0 Å². The van der Waals surface area contributed by atoms with Gasteiger partial charge in [-0.2, -0.15) is 0 Å². The van der Waals surface area contributed by atoms with Crippen LogP contribution < -0.4 is 0 Å². The summed E-state index contributed by atoms with van der Waals surface area (Å²) in [6.07, 6.45) is 0. The van der Waals surface area contributed by atoms with E-state index in [1.54, 1.807) is 0 Å². The van der Waals surface area contributed by atoms with Crippen molar-refractivity contribution in [1.82, 2.24) is 0 Å². The van der Waals surface area contributed by atoms with Crippen LogP contribution in [0.5, 0.6) is 5.75 Å². The normalized spacial score (nSPS) is 10.4. The summed E-state index contributed by atoms with van der Waals surface area (Å²) in [6.45, 7) is 3.78. The van der Waals surface area contributed by atoms with Gasteiger partial charge in [0, 0.05) is 14.5 Å². The van der Waals surface area contributed by atoms with E-state index in [4.69, 9.17) is 0 Å². The SMILES string of the molecule is Cc1c(O)c(Br)c(C)c(Br)c1Br. The molecule has 0 amide bonds. The van der Waals surface area contributed by atoms with Gasteiger partial charge in [-0.3, -0.25) is 0 Å². The van der Waals surface area contributed by atoms with Crippen molar-refractivity contribution in [3.63, 3.8) is 0 Å². The lowest BCUT2D eigenvalue weighted by atomic mass is 10.1. The largest absolute Gasteiger partial charge is 0.506 e. The van der Waals surface area contributed by atoms with Gasteiger partial charge in [0.15, 0.2) is 0 Å². The van der Waals surface area contributed by atoms with Crippen molar-refractivity contribution in [1.29, 1.82) is 0 Å². The zero-order valence-corrected chi connectivity index (χ0v) is 11.3. The average molecular weight is 359 g/mol. The van der Waals surface area contributed by atoms with Crippen molar-refractivity contribution >= 4 is 47.8 Å². The lowest BCUT2D eigenvalue weighted by Crippen LogP contribution is -1.86. The van der Waals surface area contributed by atoms with Crippen molar-refractivity contribution in [2.75, 3.05) is 0 Å². The predicted octanol–water partition coefficient (Wildman–Crippen LogP) is 4.30. The maximum Gasteiger partial charge on any atom is 0.134 e. The second kappa shape index (κ2) is 3.68. The van der Waals surface area contributed by atoms with Crippen LogP contribution in [0.3, 0.4) is 0 Å². The molecular weight excluding hydrogens is 352 g/mol. The van der Waals surface area contributed by atoms with E-state index in [1.807, 2.05) is 13.8 Å². The number of phenolic OH excluding ortho intramolecular Hbond substituents is 1. The molecule has 0 unspecified atom stereocenters.